The molecule has 184 valence electrons. The Balaban J connectivity index is 2.36. The molecule has 0 spiro atoms. The first-order valence-corrected chi connectivity index (χ1v) is 12.3. The van der Waals surface area contributed by atoms with Crippen LogP contribution in [0.4, 0.5) is 0 Å². The van der Waals surface area contributed by atoms with Gasteiger partial charge in [0.15, 0.2) is 6.10 Å². The molecular formula is C28H42O5. The Morgan fingerprint density at radius 1 is 0.758 bits per heavy atom. The molecule has 0 saturated heterocycles. The number of allylic oxidation sites excluding steroid dienone is 2. The predicted molar refractivity (Wildman–Crippen MR) is 133 cm³/mol. The molecule has 5 nitrogen and oxygen atoms in total. The number of hydrogen-bond acceptors (Lipinski definition) is 5. The molecular weight excluding hydrogens is 416 g/mol. The first-order chi connectivity index (χ1) is 16.2. The van der Waals surface area contributed by atoms with Crippen molar-refractivity contribution in [3.8, 4) is 0 Å². The van der Waals surface area contributed by atoms with Gasteiger partial charge in [-0.25, -0.2) is 0 Å². The van der Waals surface area contributed by atoms with Crippen LogP contribution in [0.15, 0.2) is 55.6 Å². The lowest BCUT2D eigenvalue weighted by molar-refractivity contribution is -0.163. The molecule has 5 heteroatoms. The summed E-state index contributed by atoms with van der Waals surface area (Å²) < 4.78 is 16.7. The van der Waals surface area contributed by atoms with Crippen LogP contribution in [-0.2, 0) is 30.4 Å². The van der Waals surface area contributed by atoms with Crippen molar-refractivity contribution < 1.29 is 23.8 Å². The molecule has 33 heavy (non-hydrogen) atoms. The molecule has 0 heterocycles. The van der Waals surface area contributed by atoms with Crippen molar-refractivity contribution in [2.45, 2.75) is 89.8 Å². The molecule has 0 radical (unpaired) electrons. The van der Waals surface area contributed by atoms with Crippen LogP contribution < -0.4 is 0 Å². The van der Waals surface area contributed by atoms with Crippen molar-refractivity contribution in [1.29, 1.82) is 0 Å². The summed E-state index contributed by atoms with van der Waals surface area (Å²) in [6.07, 6.45) is 13.9. The second-order valence-electron chi connectivity index (χ2n) is 8.28. The molecule has 0 aliphatic rings. The quantitative estimate of drug-likeness (QED) is 0.116. The minimum atomic E-state index is -0.599. The standard InChI is InChI=1S/C28H42O5/c1-3-5-7-9-11-16-20-27(29)32-24-26(23-31-22-25-18-14-13-15-19-25)33-28(30)21-17-12-10-8-6-4-2/h3-4,13-15,18-19,26H,1-2,5-12,16-17,20-24H2/t26-/m1/s1. The van der Waals surface area contributed by atoms with Crippen LogP contribution in [0.25, 0.3) is 0 Å². The monoisotopic (exact) mass is 458 g/mol. The maximum Gasteiger partial charge on any atom is 0.306 e. The van der Waals surface area contributed by atoms with Gasteiger partial charge in [0.25, 0.3) is 0 Å². The molecule has 0 aromatic heterocycles. The maximum atomic E-state index is 12.3. The van der Waals surface area contributed by atoms with Gasteiger partial charge in [0.1, 0.15) is 6.61 Å². The third kappa shape index (κ3) is 16.8. The van der Waals surface area contributed by atoms with Gasteiger partial charge in [0, 0.05) is 12.8 Å². The van der Waals surface area contributed by atoms with Crippen molar-refractivity contribution in [3.63, 3.8) is 0 Å². The highest BCUT2D eigenvalue weighted by atomic mass is 16.6. The minimum Gasteiger partial charge on any atom is -0.462 e. The van der Waals surface area contributed by atoms with Gasteiger partial charge in [-0.3, -0.25) is 9.59 Å². The van der Waals surface area contributed by atoms with Gasteiger partial charge in [-0.2, -0.15) is 0 Å². The molecule has 0 fully saturated rings. The second-order valence-corrected chi connectivity index (χ2v) is 8.28. The fraction of sp³-hybridized carbons (Fsp3) is 0.571. The molecule has 0 bridgehead atoms. The van der Waals surface area contributed by atoms with Crippen LogP contribution in [0, 0.1) is 0 Å². The Bertz CT molecular complexity index is 656. The van der Waals surface area contributed by atoms with Crippen LogP contribution in [-0.4, -0.2) is 31.3 Å². The first-order valence-electron chi connectivity index (χ1n) is 12.3. The van der Waals surface area contributed by atoms with E-state index in [9.17, 15) is 9.59 Å². The highest BCUT2D eigenvalue weighted by Crippen LogP contribution is 2.10. The first kappa shape index (κ1) is 28.6. The van der Waals surface area contributed by atoms with Crippen LogP contribution in [0.1, 0.15) is 82.6 Å². The Hall–Kier alpha value is -2.40. The van der Waals surface area contributed by atoms with Gasteiger partial charge in [-0.05, 0) is 44.1 Å². The highest BCUT2D eigenvalue weighted by Gasteiger charge is 2.17. The van der Waals surface area contributed by atoms with Crippen molar-refractivity contribution in [3.05, 3.63) is 61.2 Å². The molecule has 1 atom stereocenters. The van der Waals surface area contributed by atoms with Gasteiger partial charge in [0.05, 0.1) is 13.2 Å². The summed E-state index contributed by atoms with van der Waals surface area (Å²) in [4.78, 5) is 24.4. The molecule has 0 aliphatic heterocycles. The largest absolute Gasteiger partial charge is 0.462 e. The Morgan fingerprint density at radius 2 is 1.33 bits per heavy atom. The number of esters is 2. The molecule has 1 rings (SSSR count). The molecule has 0 unspecified atom stereocenters. The van der Waals surface area contributed by atoms with E-state index in [1.54, 1.807) is 0 Å². The van der Waals surface area contributed by atoms with Gasteiger partial charge >= 0.3 is 11.9 Å². The Kier molecular flexibility index (Phi) is 17.5. The van der Waals surface area contributed by atoms with Crippen molar-refractivity contribution >= 4 is 11.9 Å². The van der Waals surface area contributed by atoms with Crippen molar-refractivity contribution in [2.75, 3.05) is 13.2 Å². The summed E-state index contributed by atoms with van der Waals surface area (Å²) in [5.74, 6) is -0.532. The molecule has 0 saturated carbocycles. The Labute approximate surface area is 200 Å². The SMILES string of the molecule is C=CCCCCCCC(=O)OC[C@@H](COCc1ccccc1)OC(=O)CCCCCCC=C. The highest BCUT2D eigenvalue weighted by molar-refractivity contribution is 5.70. The van der Waals surface area contributed by atoms with Crippen LogP contribution in [0.5, 0.6) is 0 Å². The van der Waals surface area contributed by atoms with E-state index < -0.39 is 6.10 Å². The van der Waals surface area contributed by atoms with Crippen LogP contribution >= 0.6 is 0 Å². The topological polar surface area (TPSA) is 61.8 Å². The number of rotatable bonds is 21. The van der Waals surface area contributed by atoms with E-state index in [-0.39, 0.29) is 25.2 Å². The number of ether oxygens (including phenoxy) is 3. The number of carbonyl (C=O) groups excluding carboxylic acids is 2. The summed E-state index contributed by atoms with van der Waals surface area (Å²) in [6.45, 7) is 8.06. The molecule has 0 aliphatic carbocycles. The normalized spacial score (nSPS) is 11.5. The van der Waals surface area contributed by atoms with E-state index in [1.807, 2.05) is 42.5 Å². The second kappa shape index (κ2) is 20.2. The summed E-state index contributed by atoms with van der Waals surface area (Å²) in [5.41, 5.74) is 1.04. The Morgan fingerprint density at radius 3 is 1.94 bits per heavy atom. The van der Waals surface area contributed by atoms with Crippen molar-refractivity contribution in [2.24, 2.45) is 0 Å². The fourth-order valence-corrected chi connectivity index (χ4v) is 3.32. The van der Waals surface area contributed by atoms with Gasteiger partial charge in [-0.15, -0.1) is 13.2 Å². The van der Waals surface area contributed by atoms with E-state index in [2.05, 4.69) is 13.2 Å². The zero-order valence-corrected chi connectivity index (χ0v) is 20.2. The minimum absolute atomic E-state index is 0.0230. The maximum absolute atomic E-state index is 12.3. The number of hydrogen-bond donors (Lipinski definition) is 0. The molecule has 0 amide bonds. The van der Waals surface area contributed by atoms with Gasteiger partial charge in [0.2, 0.25) is 0 Å². The average molecular weight is 459 g/mol. The lowest BCUT2D eigenvalue weighted by atomic mass is 10.1. The summed E-state index contributed by atoms with van der Waals surface area (Å²) in [7, 11) is 0. The third-order valence-corrected chi connectivity index (χ3v) is 5.22. The van der Waals surface area contributed by atoms with E-state index in [0.717, 1.165) is 69.8 Å². The van der Waals surface area contributed by atoms with Crippen LogP contribution in [0.2, 0.25) is 0 Å². The summed E-state index contributed by atoms with van der Waals surface area (Å²) in [5, 5.41) is 0. The molecule has 1 aromatic carbocycles. The number of carbonyl (C=O) groups is 2. The van der Waals surface area contributed by atoms with Crippen molar-refractivity contribution in [1.82, 2.24) is 0 Å². The fourth-order valence-electron chi connectivity index (χ4n) is 3.32. The molecule has 0 N–H and O–H groups in total. The number of benzene rings is 1. The molecule has 1 aromatic rings. The van der Waals surface area contributed by atoms with E-state index in [4.69, 9.17) is 14.2 Å². The predicted octanol–water partition coefficient (Wildman–Crippen LogP) is 6.71. The lowest BCUT2D eigenvalue weighted by Crippen LogP contribution is -2.29. The zero-order valence-electron chi connectivity index (χ0n) is 20.2. The summed E-state index contributed by atoms with van der Waals surface area (Å²) in [6, 6.07) is 9.80. The number of unbranched alkanes of at least 4 members (excludes halogenated alkanes) is 8. The van der Waals surface area contributed by atoms with Gasteiger partial charge < -0.3 is 14.2 Å². The third-order valence-electron chi connectivity index (χ3n) is 5.22. The van der Waals surface area contributed by atoms with E-state index in [0.29, 0.717) is 19.4 Å². The van der Waals surface area contributed by atoms with E-state index >= 15 is 0 Å². The van der Waals surface area contributed by atoms with E-state index in [1.165, 1.54) is 0 Å². The lowest BCUT2D eigenvalue weighted by Gasteiger charge is -2.18. The van der Waals surface area contributed by atoms with Crippen LogP contribution in [0.3, 0.4) is 0 Å². The zero-order chi connectivity index (χ0) is 24.0. The summed E-state index contributed by atoms with van der Waals surface area (Å²) >= 11 is 0. The van der Waals surface area contributed by atoms with Gasteiger partial charge in [-0.1, -0.05) is 68.2 Å². The smallest absolute Gasteiger partial charge is 0.306 e. The average Bonchev–Trinajstić information content (AvgIpc) is 2.82.